The van der Waals surface area contributed by atoms with E-state index in [1.807, 2.05) is 6.92 Å². The highest BCUT2D eigenvalue weighted by atomic mass is 35.5. The SMILES string of the molecule is CCC(Sc1nnc(N)s1)C(=O)Nc1cccc(Cl)c1Cl. The fourth-order valence-corrected chi connectivity index (χ4v) is 3.68. The molecule has 3 N–H and O–H groups in total. The number of nitrogens with one attached hydrogen (secondary N) is 1. The molecule has 2 rings (SSSR count). The number of thioether (sulfide) groups is 1. The zero-order chi connectivity index (χ0) is 15.4. The van der Waals surface area contributed by atoms with Gasteiger partial charge in [0.1, 0.15) is 0 Å². The lowest BCUT2D eigenvalue weighted by Gasteiger charge is -2.14. The van der Waals surface area contributed by atoms with Gasteiger partial charge in [-0.05, 0) is 18.6 Å². The Balaban J connectivity index is 2.08. The molecule has 0 spiro atoms. The molecule has 1 amide bonds. The number of carbonyl (C=O) groups excluding carboxylic acids is 1. The number of nitrogens with zero attached hydrogens (tertiary/aromatic N) is 2. The van der Waals surface area contributed by atoms with Gasteiger partial charge in [-0.1, -0.05) is 59.3 Å². The Morgan fingerprint density at radius 2 is 2.24 bits per heavy atom. The Labute approximate surface area is 140 Å². The summed E-state index contributed by atoms with van der Waals surface area (Å²) >= 11 is 14.6. The summed E-state index contributed by atoms with van der Waals surface area (Å²) in [4.78, 5) is 12.3. The van der Waals surface area contributed by atoms with Gasteiger partial charge in [-0.15, -0.1) is 10.2 Å². The molecule has 1 aromatic heterocycles. The van der Waals surface area contributed by atoms with Gasteiger partial charge in [0.05, 0.1) is 21.0 Å². The van der Waals surface area contributed by atoms with Crippen molar-refractivity contribution in [1.82, 2.24) is 10.2 Å². The van der Waals surface area contributed by atoms with Crippen molar-refractivity contribution in [2.45, 2.75) is 22.9 Å². The molecule has 9 heteroatoms. The van der Waals surface area contributed by atoms with E-state index in [4.69, 9.17) is 28.9 Å². The summed E-state index contributed by atoms with van der Waals surface area (Å²) in [5.74, 6) is -0.166. The van der Waals surface area contributed by atoms with Crippen molar-refractivity contribution in [3.05, 3.63) is 28.2 Å². The molecule has 1 unspecified atom stereocenters. The Morgan fingerprint density at radius 3 is 2.86 bits per heavy atom. The van der Waals surface area contributed by atoms with E-state index in [0.29, 0.717) is 31.6 Å². The second kappa shape index (κ2) is 7.31. The fourth-order valence-electron chi connectivity index (χ4n) is 1.53. The number of aromatic nitrogens is 2. The van der Waals surface area contributed by atoms with Crippen LogP contribution in [0.25, 0.3) is 0 Å². The number of hydrogen-bond acceptors (Lipinski definition) is 6. The van der Waals surface area contributed by atoms with Gasteiger partial charge in [0.15, 0.2) is 4.34 Å². The van der Waals surface area contributed by atoms with E-state index in [0.717, 1.165) is 0 Å². The third kappa shape index (κ3) is 4.23. The summed E-state index contributed by atoms with van der Waals surface area (Å²) in [6, 6.07) is 5.09. The smallest absolute Gasteiger partial charge is 0.237 e. The average molecular weight is 363 g/mol. The number of nitrogen functional groups attached to an aromatic ring is 1. The molecule has 0 aliphatic carbocycles. The molecular weight excluding hydrogens is 351 g/mol. The van der Waals surface area contributed by atoms with Crippen molar-refractivity contribution in [1.29, 1.82) is 0 Å². The minimum atomic E-state index is -0.313. The average Bonchev–Trinajstić information content (AvgIpc) is 2.86. The van der Waals surface area contributed by atoms with E-state index >= 15 is 0 Å². The van der Waals surface area contributed by atoms with E-state index in [-0.39, 0.29) is 11.2 Å². The van der Waals surface area contributed by atoms with Crippen molar-refractivity contribution in [2.75, 3.05) is 11.1 Å². The number of rotatable bonds is 5. The van der Waals surface area contributed by atoms with Crippen molar-refractivity contribution in [3.63, 3.8) is 0 Å². The maximum absolute atomic E-state index is 12.3. The summed E-state index contributed by atoms with van der Waals surface area (Å²) in [6.07, 6.45) is 0.633. The van der Waals surface area contributed by atoms with Gasteiger partial charge < -0.3 is 11.1 Å². The highest BCUT2D eigenvalue weighted by Crippen LogP contribution is 2.32. The van der Waals surface area contributed by atoms with Gasteiger partial charge in [-0.25, -0.2) is 0 Å². The number of amides is 1. The van der Waals surface area contributed by atoms with Gasteiger partial charge >= 0.3 is 0 Å². The number of halogens is 2. The van der Waals surface area contributed by atoms with Gasteiger partial charge in [-0.2, -0.15) is 0 Å². The van der Waals surface area contributed by atoms with Crippen LogP contribution in [0.5, 0.6) is 0 Å². The predicted molar refractivity (Wildman–Crippen MR) is 89.3 cm³/mol. The summed E-state index contributed by atoms with van der Waals surface area (Å²) in [5, 5.41) is 11.2. The van der Waals surface area contributed by atoms with Gasteiger partial charge in [0.25, 0.3) is 0 Å². The number of benzene rings is 1. The molecule has 2 aromatic rings. The number of carbonyl (C=O) groups is 1. The fraction of sp³-hybridized carbons (Fsp3) is 0.250. The van der Waals surface area contributed by atoms with E-state index in [9.17, 15) is 4.79 Å². The Hall–Kier alpha value is -1.02. The number of nitrogens with two attached hydrogens (primary N) is 1. The number of anilines is 2. The molecule has 0 saturated carbocycles. The van der Waals surface area contributed by atoms with Gasteiger partial charge in [0.2, 0.25) is 11.0 Å². The summed E-state index contributed by atoms with van der Waals surface area (Å²) in [5.41, 5.74) is 6.02. The Morgan fingerprint density at radius 1 is 1.48 bits per heavy atom. The maximum Gasteiger partial charge on any atom is 0.237 e. The van der Waals surface area contributed by atoms with Gasteiger partial charge in [0, 0.05) is 0 Å². The summed E-state index contributed by atoms with van der Waals surface area (Å²) < 4.78 is 0.659. The molecule has 0 saturated heterocycles. The third-order valence-electron chi connectivity index (χ3n) is 2.54. The molecule has 1 atom stereocenters. The summed E-state index contributed by atoms with van der Waals surface area (Å²) in [6.45, 7) is 1.92. The molecule has 5 nitrogen and oxygen atoms in total. The molecule has 0 radical (unpaired) electrons. The molecule has 0 aliphatic heterocycles. The van der Waals surface area contributed by atoms with Crippen LogP contribution in [0.2, 0.25) is 10.0 Å². The van der Waals surface area contributed by atoms with Crippen LogP contribution in [0, 0.1) is 0 Å². The largest absolute Gasteiger partial charge is 0.374 e. The van der Waals surface area contributed by atoms with Crippen molar-refractivity contribution >= 4 is 63.0 Å². The van der Waals surface area contributed by atoms with E-state index < -0.39 is 0 Å². The van der Waals surface area contributed by atoms with Crippen LogP contribution in [-0.4, -0.2) is 21.4 Å². The monoisotopic (exact) mass is 362 g/mol. The first-order chi connectivity index (χ1) is 10.0. The first-order valence-electron chi connectivity index (χ1n) is 6.01. The quantitative estimate of drug-likeness (QED) is 0.787. The predicted octanol–water partition coefficient (Wildman–Crippen LogP) is 3.94. The van der Waals surface area contributed by atoms with Crippen LogP contribution in [0.3, 0.4) is 0 Å². The first-order valence-corrected chi connectivity index (χ1v) is 8.47. The lowest BCUT2D eigenvalue weighted by atomic mass is 10.2. The molecule has 0 bridgehead atoms. The second-order valence-electron chi connectivity index (χ2n) is 4.01. The minimum Gasteiger partial charge on any atom is -0.374 e. The molecule has 112 valence electrons. The van der Waals surface area contributed by atoms with Crippen molar-refractivity contribution < 1.29 is 4.79 Å². The normalized spacial score (nSPS) is 12.1. The van der Waals surface area contributed by atoms with Crippen LogP contribution >= 0.6 is 46.3 Å². The summed E-state index contributed by atoms with van der Waals surface area (Å²) in [7, 11) is 0. The Kier molecular flexibility index (Phi) is 5.69. The van der Waals surface area contributed by atoms with Crippen LogP contribution in [0.15, 0.2) is 22.5 Å². The molecule has 1 heterocycles. The zero-order valence-corrected chi connectivity index (χ0v) is 14.1. The van der Waals surface area contributed by atoms with E-state index in [1.165, 1.54) is 23.1 Å². The zero-order valence-electron chi connectivity index (χ0n) is 11.0. The molecule has 1 aromatic carbocycles. The highest BCUT2D eigenvalue weighted by molar-refractivity contribution is 8.02. The molecule has 0 aliphatic rings. The van der Waals surface area contributed by atoms with Crippen molar-refractivity contribution in [2.24, 2.45) is 0 Å². The van der Waals surface area contributed by atoms with Crippen LogP contribution in [0.4, 0.5) is 10.8 Å². The number of hydrogen-bond donors (Lipinski definition) is 2. The van der Waals surface area contributed by atoms with E-state index in [2.05, 4.69) is 15.5 Å². The molecule has 0 fully saturated rings. The molecular formula is C12H12Cl2N4OS2. The lowest BCUT2D eigenvalue weighted by Crippen LogP contribution is -2.24. The van der Waals surface area contributed by atoms with Crippen LogP contribution < -0.4 is 11.1 Å². The van der Waals surface area contributed by atoms with Crippen LogP contribution in [-0.2, 0) is 4.79 Å². The highest BCUT2D eigenvalue weighted by Gasteiger charge is 2.21. The second-order valence-corrected chi connectivity index (χ2v) is 7.26. The van der Waals surface area contributed by atoms with Crippen molar-refractivity contribution in [3.8, 4) is 0 Å². The maximum atomic E-state index is 12.3. The standard InChI is InChI=1S/C12H12Cl2N4OS2/c1-2-8(20-12-18-17-11(15)21-12)10(19)16-7-5-3-4-6(13)9(7)14/h3-5,8H,2H2,1H3,(H2,15,17)(H,16,19). The Bertz CT molecular complexity index is 650. The van der Waals surface area contributed by atoms with Crippen LogP contribution in [0.1, 0.15) is 13.3 Å². The lowest BCUT2D eigenvalue weighted by molar-refractivity contribution is -0.115. The van der Waals surface area contributed by atoms with Gasteiger partial charge in [-0.3, -0.25) is 4.79 Å². The third-order valence-corrected chi connectivity index (χ3v) is 5.56. The minimum absolute atomic E-state index is 0.166. The molecule has 21 heavy (non-hydrogen) atoms. The first kappa shape index (κ1) is 16.4. The topological polar surface area (TPSA) is 80.9 Å². The van der Waals surface area contributed by atoms with E-state index in [1.54, 1.807) is 18.2 Å².